The van der Waals surface area contributed by atoms with Crippen molar-refractivity contribution in [1.29, 1.82) is 0 Å². The van der Waals surface area contributed by atoms with E-state index < -0.39 is 12.0 Å². The summed E-state index contributed by atoms with van der Waals surface area (Å²) in [5.41, 5.74) is 2.30. The predicted octanol–water partition coefficient (Wildman–Crippen LogP) is 4.81. The number of carbonyl (C=O) groups excluding carboxylic acids is 2. The van der Waals surface area contributed by atoms with Crippen molar-refractivity contribution in [3.8, 4) is 0 Å². The number of rotatable bonds is 7. The summed E-state index contributed by atoms with van der Waals surface area (Å²) in [4.78, 5) is 42.5. The van der Waals surface area contributed by atoms with Crippen LogP contribution in [0.4, 0.5) is 16.2 Å². The molecule has 0 bridgehead atoms. The third kappa shape index (κ3) is 5.44. The van der Waals surface area contributed by atoms with Gasteiger partial charge < -0.3 is 15.4 Å². The van der Waals surface area contributed by atoms with Crippen molar-refractivity contribution in [3.63, 3.8) is 0 Å². The van der Waals surface area contributed by atoms with E-state index in [1.807, 2.05) is 24.3 Å². The summed E-state index contributed by atoms with van der Waals surface area (Å²) in [6, 6.07) is 20.4. The molecule has 0 unspecified atom stereocenters. The number of amides is 2. The number of thioether (sulfide) groups is 1. The smallest absolute Gasteiger partial charge is 0.340 e. The van der Waals surface area contributed by atoms with E-state index in [4.69, 9.17) is 4.74 Å². The van der Waals surface area contributed by atoms with E-state index >= 15 is 0 Å². The number of esters is 1. The van der Waals surface area contributed by atoms with Crippen LogP contribution in [-0.4, -0.2) is 28.0 Å². The predicted molar refractivity (Wildman–Crippen MR) is 133 cm³/mol. The lowest BCUT2D eigenvalue weighted by atomic mass is 10.2. The van der Waals surface area contributed by atoms with Crippen LogP contribution < -0.4 is 16.2 Å². The molecule has 2 aromatic carbocycles. The first-order chi connectivity index (χ1) is 16.5. The standard InChI is InChI=1S/C25H22N4O4S/c1-2-33-24(31)18-9-3-4-10-19(18)27-25(32)28-20-11-5-6-12-21(20)34-16-17-15-23(30)29-14-8-7-13-22(29)26-17/h3-15H,2,16H2,1H3,(H2,27,28,32). The van der Waals surface area contributed by atoms with Crippen LogP contribution in [0.2, 0.25) is 0 Å². The Bertz CT molecular complexity index is 1400. The van der Waals surface area contributed by atoms with Crippen LogP contribution in [0.3, 0.4) is 0 Å². The number of fused-ring (bicyclic) bond motifs is 1. The average molecular weight is 475 g/mol. The number of nitrogens with zero attached hydrogens (tertiary/aromatic N) is 2. The zero-order chi connectivity index (χ0) is 23.9. The first kappa shape index (κ1) is 23.1. The molecule has 0 aliphatic rings. The second-order valence-electron chi connectivity index (χ2n) is 7.14. The lowest BCUT2D eigenvalue weighted by Crippen LogP contribution is -2.21. The Morgan fingerprint density at radius 2 is 1.68 bits per heavy atom. The molecule has 0 saturated heterocycles. The Kier molecular flexibility index (Phi) is 7.24. The largest absolute Gasteiger partial charge is 0.462 e. The molecule has 0 aliphatic carbocycles. The van der Waals surface area contributed by atoms with Crippen LogP contribution in [0.1, 0.15) is 23.0 Å². The normalized spacial score (nSPS) is 10.6. The highest BCUT2D eigenvalue weighted by Gasteiger charge is 2.15. The molecule has 4 aromatic rings. The minimum Gasteiger partial charge on any atom is -0.462 e. The maximum absolute atomic E-state index is 12.7. The molecule has 34 heavy (non-hydrogen) atoms. The van der Waals surface area contributed by atoms with Gasteiger partial charge in [0.05, 0.1) is 29.2 Å². The molecule has 2 N–H and O–H groups in total. The maximum atomic E-state index is 12.7. The number of benzene rings is 2. The van der Waals surface area contributed by atoms with Gasteiger partial charge in [0.25, 0.3) is 5.56 Å². The third-order valence-electron chi connectivity index (χ3n) is 4.81. The number of anilines is 2. The summed E-state index contributed by atoms with van der Waals surface area (Å²) in [5.74, 6) is -0.0553. The van der Waals surface area contributed by atoms with Gasteiger partial charge in [0.2, 0.25) is 0 Å². The Morgan fingerprint density at radius 3 is 2.50 bits per heavy atom. The van der Waals surface area contributed by atoms with E-state index in [1.54, 1.807) is 55.6 Å². The van der Waals surface area contributed by atoms with Gasteiger partial charge in [-0.2, -0.15) is 0 Å². The Balaban J connectivity index is 1.47. The van der Waals surface area contributed by atoms with Crippen LogP contribution in [0.5, 0.6) is 0 Å². The van der Waals surface area contributed by atoms with Crippen LogP contribution in [0.25, 0.3) is 5.65 Å². The lowest BCUT2D eigenvalue weighted by molar-refractivity contribution is 0.0527. The number of hydrogen-bond acceptors (Lipinski definition) is 6. The van der Waals surface area contributed by atoms with Gasteiger partial charge in [0.15, 0.2) is 0 Å². The second-order valence-corrected chi connectivity index (χ2v) is 8.16. The number of para-hydroxylation sites is 2. The van der Waals surface area contributed by atoms with Crippen molar-refractivity contribution in [2.75, 3.05) is 17.2 Å². The Morgan fingerprint density at radius 1 is 0.971 bits per heavy atom. The summed E-state index contributed by atoms with van der Waals surface area (Å²) < 4.78 is 6.54. The van der Waals surface area contributed by atoms with Gasteiger partial charge in [-0.3, -0.25) is 9.20 Å². The second kappa shape index (κ2) is 10.7. The molecule has 0 radical (unpaired) electrons. The van der Waals surface area contributed by atoms with E-state index in [1.165, 1.54) is 22.2 Å². The van der Waals surface area contributed by atoms with Crippen molar-refractivity contribution in [3.05, 3.63) is 101 Å². The quantitative estimate of drug-likeness (QED) is 0.295. The van der Waals surface area contributed by atoms with E-state index in [0.717, 1.165) is 4.90 Å². The highest BCUT2D eigenvalue weighted by molar-refractivity contribution is 7.98. The van der Waals surface area contributed by atoms with Gasteiger partial charge in [-0.15, -0.1) is 11.8 Å². The van der Waals surface area contributed by atoms with Crippen molar-refractivity contribution < 1.29 is 14.3 Å². The Hall–Kier alpha value is -4.11. The average Bonchev–Trinajstić information content (AvgIpc) is 2.84. The molecule has 0 spiro atoms. The zero-order valence-electron chi connectivity index (χ0n) is 18.4. The monoisotopic (exact) mass is 474 g/mol. The van der Waals surface area contributed by atoms with E-state index in [2.05, 4.69) is 15.6 Å². The van der Waals surface area contributed by atoms with Crippen molar-refractivity contribution in [2.45, 2.75) is 17.6 Å². The Labute approximate surface area is 200 Å². The molecule has 4 rings (SSSR count). The summed E-state index contributed by atoms with van der Waals surface area (Å²) >= 11 is 1.45. The molecule has 0 aliphatic heterocycles. The number of aromatic nitrogens is 2. The molecule has 172 valence electrons. The van der Waals surface area contributed by atoms with E-state index in [0.29, 0.717) is 28.5 Å². The number of carbonyl (C=O) groups is 2. The fourth-order valence-corrected chi connectivity index (χ4v) is 4.18. The molecule has 0 fully saturated rings. The van der Waals surface area contributed by atoms with Crippen LogP contribution in [0, 0.1) is 0 Å². The summed E-state index contributed by atoms with van der Waals surface area (Å²) in [7, 11) is 0. The van der Waals surface area contributed by atoms with Crippen molar-refractivity contribution in [2.24, 2.45) is 0 Å². The van der Waals surface area contributed by atoms with Crippen LogP contribution >= 0.6 is 11.8 Å². The van der Waals surface area contributed by atoms with Gasteiger partial charge in [-0.25, -0.2) is 14.6 Å². The molecule has 2 amide bonds. The van der Waals surface area contributed by atoms with Gasteiger partial charge >= 0.3 is 12.0 Å². The fourth-order valence-electron chi connectivity index (χ4n) is 3.28. The summed E-state index contributed by atoms with van der Waals surface area (Å²) in [6.45, 7) is 1.96. The van der Waals surface area contributed by atoms with E-state index in [-0.39, 0.29) is 17.7 Å². The molecular weight excluding hydrogens is 452 g/mol. The number of nitrogens with one attached hydrogen (secondary N) is 2. The van der Waals surface area contributed by atoms with Gasteiger partial charge in [0, 0.05) is 22.9 Å². The molecular formula is C25H22N4O4S. The van der Waals surface area contributed by atoms with Crippen LogP contribution in [-0.2, 0) is 10.5 Å². The minimum atomic E-state index is -0.506. The topological polar surface area (TPSA) is 102 Å². The SMILES string of the molecule is CCOC(=O)c1ccccc1NC(=O)Nc1ccccc1SCc1cc(=O)n2ccccc2n1. The number of ether oxygens (including phenoxy) is 1. The molecule has 2 heterocycles. The highest BCUT2D eigenvalue weighted by atomic mass is 32.2. The molecule has 2 aromatic heterocycles. The third-order valence-corrected chi connectivity index (χ3v) is 5.91. The van der Waals surface area contributed by atoms with Gasteiger partial charge in [-0.1, -0.05) is 30.3 Å². The number of hydrogen-bond donors (Lipinski definition) is 2. The molecule has 0 saturated carbocycles. The van der Waals surface area contributed by atoms with Gasteiger partial charge in [-0.05, 0) is 43.3 Å². The molecule has 9 heteroatoms. The van der Waals surface area contributed by atoms with Crippen molar-refractivity contribution >= 4 is 40.8 Å². The molecule has 0 atom stereocenters. The highest BCUT2D eigenvalue weighted by Crippen LogP contribution is 2.29. The summed E-state index contributed by atoms with van der Waals surface area (Å²) in [6.07, 6.45) is 1.68. The number of pyridine rings is 1. The zero-order valence-corrected chi connectivity index (χ0v) is 19.2. The first-order valence-corrected chi connectivity index (χ1v) is 11.6. The van der Waals surface area contributed by atoms with E-state index in [9.17, 15) is 14.4 Å². The van der Waals surface area contributed by atoms with Crippen molar-refractivity contribution in [1.82, 2.24) is 9.38 Å². The minimum absolute atomic E-state index is 0.146. The number of urea groups is 1. The van der Waals surface area contributed by atoms with Gasteiger partial charge in [0.1, 0.15) is 5.65 Å². The fraction of sp³-hybridized carbons (Fsp3) is 0.120. The maximum Gasteiger partial charge on any atom is 0.340 e. The lowest BCUT2D eigenvalue weighted by Gasteiger charge is -2.13. The summed E-state index contributed by atoms with van der Waals surface area (Å²) in [5, 5.41) is 5.54. The molecule has 8 nitrogen and oxygen atoms in total. The first-order valence-electron chi connectivity index (χ1n) is 10.6. The van der Waals surface area contributed by atoms with Crippen LogP contribution in [0.15, 0.2) is 88.7 Å².